The lowest BCUT2D eigenvalue weighted by molar-refractivity contribution is 0.206. The van der Waals surface area contributed by atoms with Crippen LogP contribution in [0.3, 0.4) is 0 Å². The van der Waals surface area contributed by atoms with Crippen LogP contribution in [0.15, 0.2) is 42.5 Å². The second-order valence-electron chi connectivity index (χ2n) is 6.16. The standard InChI is InChI=1S/C20H26N2O/c1-4-22(5-2)17-9-7-16(8-10-17)13-18-14-21-19-11-6-15(3)12-20(19)23-18/h6-12,18,21H,4-5,13-14H2,1-3H3. The first-order chi connectivity index (χ1) is 11.2. The quantitative estimate of drug-likeness (QED) is 0.893. The van der Waals surface area contributed by atoms with Gasteiger partial charge in [-0.05, 0) is 56.2 Å². The number of nitrogens with zero attached hydrogens (tertiary/aromatic N) is 1. The molecule has 0 bridgehead atoms. The van der Waals surface area contributed by atoms with Gasteiger partial charge in [-0.1, -0.05) is 18.2 Å². The van der Waals surface area contributed by atoms with Crippen molar-refractivity contribution in [3.05, 3.63) is 53.6 Å². The Morgan fingerprint density at radius 2 is 1.83 bits per heavy atom. The molecule has 122 valence electrons. The molecular formula is C20H26N2O. The summed E-state index contributed by atoms with van der Waals surface area (Å²) in [4.78, 5) is 2.36. The summed E-state index contributed by atoms with van der Waals surface area (Å²) in [6, 6.07) is 15.2. The molecule has 0 fully saturated rings. The lowest BCUT2D eigenvalue weighted by Crippen LogP contribution is -2.32. The first kappa shape index (κ1) is 15.7. The molecule has 3 rings (SSSR count). The normalized spacial score (nSPS) is 16.2. The fourth-order valence-electron chi connectivity index (χ4n) is 3.13. The van der Waals surface area contributed by atoms with Crippen LogP contribution >= 0.6 is 0 Å². The fourth-order valence-corrected chi connectivity index (χ4v) is 3.13. The van der Waals surface area contributed by atoms with Gasteiger partial charge in [0.15, 0.2) is 0 Å². The zero-order chi connectivity index (χ0) is 16.2. The minimum Gasteiger partial charge on any atom is -0.486 e. The Morgan fingerprint density at radius 1 is 1.09 bits per heavy atom. The van der Waals surface area contributed by atoms with Gasteiger partial charge >= 0.3 is 0 Å². The Morgan fingerprint density at radius 3 is 2.52 bits per heavy atom. The number of aryl methyl sites for hydroxylation is 1. The number of hydrogen-bond acceptors (Lipinski definition) is 3. The van der Waals surface area contributed by atoms with E-state index in [9.17, 15) is 0 Å². The van der Waals surface area contributed by atoms with Crippen molar-refractivity contribution in [1.82, 2.24) is 0 Å². The van der Waals surface area contributed by atoms with E-state index in [0.717, 1.165) is 37.5 Å². The summed E-state index contributed by atoms with van der Waals surface area (Å²) in [5.41, 5.74) is 4.95. The summed E-state index contributed by atoms with van der Waals surface area (Å²) in [5.74, 6) is 0.973. The number of ether oxygens (including phenoxy) is 1. The lowest BCUT2D eigenvalue weighted by Gasteiger charge is -2.28. The molecule has 3 heteroatoms. The van der Waals surface area contributed by atoms with E-state index in [1.807, 2.05) is 0 Å². The maximum absolute atomic E-state index is 6.16. The van der Waals surface area contributed by atoms with E-state index in [2.05, 4.69) is 73.5 Å². The minimum atomic E-state index is 0.184. The molecular weight excluding hydrogens is 284 g/mol. The Labute approximate surface area is 139 Å². The SMILES string of the molecule is CCN(CC)c1ccc(CC2CNc3ccc(C)cc3O2)cc1. The third-order valence-corrected chi connectivity index (χ3v) is 4.48. The molecule has 1 atom stereocenters. The Bertz CT molecular complexity index is 647. The topological polar surface area (TPSA) is 24.5 Å². The molecule has 0 saturated heterocycles. The molecule has 1 heterocycles. The maximum atomic E-state index is 6.16. The molecule has 0 aliphatic carbocycles. The zero-order valence-electron chi connectivity index (χ0n) is 14.3. The summed E-state index contributed by atoms with van der Waals surface area (Å²) >= 11 is 0. The second kappa shape index (κ2) is 6.95. The Kier molecular flexibility index (Phi) is 4.75. The van der Waals surface area contributed by atoms with E-state index in [1.54, 1.807) is 0 Å². The predicted molar refractivity (Wildman–Crippen MR) is 97.8 cm³/mol. The van der Waals surface area contributed by atoms with E-state index in [4.69, 9.17) is 4.74 Å². The first-order valence-electron chi connectivity index (χ1n) is 8.54. The van der Waals surface area contributed by atoms with E-state index < -0.39 is 0 Å². The molecule has 0 radical (unpaired) electrons. The monoisotopic (exact) mass is 310 g/mol. The van der Waals surface area contributed by atoms with Gasteiger partial charge in [0.25, 0.3) is 0 Å². The number of rotatable bonds is 5. The van der Waals surface area contributed by atoms with Crippen LogP contribution in [0.25, 0.3) is 0 Å². The third kappa shape index (κ3) is 3.61. The van der Waals surface area contributed by atoms with E-state index >= 15 is 0 Å². The van der Waals surface area contributed by atoms with Crippen molar-refractivity contribution >= 4 is 11.4 Å². The highest BCUT2D eigenvalue weighted by Crippen LogP contribution is 2.30. The van der Waals surface area contributed by atoms with Crippen molar-refractivity contribution in [2.75, 3.05) is 29.9 Å². The number of anilines is 2. The molecule has 23 heavy (non-hydrogen) atoms. The van der Waals surface area contributed by atoms with Crippen molar-refractivity contribution in [2.24, 2.45) is 0 Å². The van der Waals surface area contributed by atoms with Gasteiger partial charge in [-0.3, -0.25) is 0 Å². The summed E-state index contributed by atoms with van der Waals surface area (Å²) < 4.78 is 6.16. The molecule has 2 aromatic carbocycles. The van der Waals surface area contributed by atoms with Crippen molar-refractivity contribution < 1.29 is 4.74 Å². The van der Waals surface area contributed by atoms with Crippen LogP contribution in [-0.4, -0.2) is 25.7 Å². The Balaban J connectivity index is 1.66. The van der Waals surface area contributed by atoms with Gasteiger partial charge in [-0.15, -0.1) is 0 Å². The average molecular weight is 310 g/mol. The highest BCUT2D eigenvalue weighted by atomic mass is 16.5. The molecule has 0 saturated carbocycles. The van der Waals surface area contributed by atoms with Crippen molar-refractivity contribution in [1.29, 1.82) is 0 Å². The third-order valence-electron chi connectivity index (χ3n) is 4.48. The van der Waals surface area contributed by atoms with Crippen LogP contribution in [0.2, 0.25) is 0 Å². The van der Waals surface area contributed by atoms with Crippen molar-refractivity contribution in [3.8, 4) is 5.75 Å². The van der Waals surface area contributed by atoms with Gasteiger partial charge in [-0.25, -0.2) is 0 Å². The lowest BCUT2D eigenvalue weighted by atomic mass is 10.1. The smallest absolute Gasteiger partial charge is 0.143 e. The van der Waals surface area contributed by atoms with Gasteiger partial charge in [0.1, 0.15) is 11.9 Å². The molecule has 1 aliphatic rings. The van der Waals surface area contributed by atoms with Gasteiger partial charge in [0, 0.05) is 25.2 Å². The summed E-state index contributed by atoms with van der Waals surface area (Å²) in [5, 5.41) is 3.47. The van der Waals surface area contributed by atoms with Crippen LogP contribution in [0.4, 0.5) is 11.4 Å². The molecule has 0 spiro atoms. The van der Waals surface area contributed by atoms with Gasteiger partial charge in [0.05, 0.1) is 12.2 Å². The van der Waals surface area contributed by atoms with E-state index in [0.29, 0.717) is 0 Å². The summed E-state index contributed by atoms with van der Waals surface area (Å²) in [6.07, 6.45) is 1.11. The summed E-state index contributed by atoms with van der Waals surface area (Å²) in [6.45, 7) is 9.42. The molecule has 1 aliphatic heterocycles. The second-order valence-corrected chi connectivity index (χ2v) is 6.16. The number of benzene rings is 2. The van der Waals surface area contributed by atoms with Crippen LogP contribution in [-0.2, 0) is 6.42 Å². The van der Waals surface area contributed by atoms with Crippen molar-refractivity contribution in [3.63, 3.8) is 0 Å². The average Bonchev–Trinajstić information content (AvgIpc) is 2.57. The van der Waals surface area contributed by atoms with Gasteiger partial charge in [0.2, 0.25) is 0 Å². The number of hydrogen-bond donors (Lipinski definition) is 1. The van der Waals surface area contributed by atoms with Gasteiger partial charge in [-0.2, -0.15) is 0 Å². The van der Waals surface area contributed by atoms with E-state index in [1.165, 1.54) is 16.8 Å². The molecule has 1 N–H and O–H groups in total. The fraction of sp³-hybridized carbons (Fsp3) is 0.400. The highest BCUT2D eigenvalue weighted by molar-refractivity contribution is 5.59. The predicted octanol–water partition coefficient (Wildman–Crippen LogP) is 4.26. The van der Waals surface area contributed by atoms with Crippen molar-refractivity contribution in [2.45, 2.75) is 33.3 Å². The van der Waals surface area contributed by atoms with Crippen LogP contribution in [0, 0.1) is 6.92 Å². The molecule has 2 aromatic rings. The Hall–Kier alpha value is -2.16. The zero-order valence-corrected chi connectivity index (χ0v) is 14.3. The van der Waals surface area contributed by atoms with Crippen LogP contribution < -0.4 is 15.0 Å². The van der Waals surface area contributed by atoms with Crippen LogP contribution in [0.1, 0.15) is 25.0 Å². The first-order valence-corrected chi connectivity index (χ1v) is 8.54. The van der Waals surface area contributed by atoms with E-state index in [-0.39, 0.29) is 6.10 Å². The molecule has 0 amide bonds. The summed E-state index contributed by atoms with van der Waals surface area (Å²) in [7, 11) is 0. The number of nitrogens with one attached hydrogen (secondary N) is 1. The highest BCUT2D eigenvalue weighted by Gasteiger charge is 2.19. The molecule has 3 nitrogen and oxygen atoms in total. The van der Waals surface area contributed by atoms with Crippen LogP contribution in [0.5, 0.6) is 5.75 Å². The largest absolute Gasteiger partial charge is 0.486 e. The molecule has 1 unspecified atom stereocenters. The van der Waals surface area contributed by atoms with Gasteiger partial charge < -0.3 is 15.0 Å². The molecule has 0 aromatic heterocycles. The maximum Gasteiger partial charge on any atom is 0.143 e. The minimum absolute atomic E-state index is 0.184. The number of fused-ring (bicyclic) bond motifs is 1.